The van der Waals surface area contributed by atoms with Gasteiger partial charge in [-0.15, -0.1) is 0 Å². The lowest BCUT2D eigenvalue weighted by atomic mass is 9.81. The number of rotatable bonds is 12. The standard InChI is InChI=1S/C22H32O5/c1-18-7-9-19(10-8-18)11-12-22(24)27-16-21(15-26-17-23)14-25-13-20-5-3-2-4-6-20/h2-6,17-19,21H,7-16H2,1H3. The molecule has 1 saturated carbocycles. The largest absolute Gasteiger partial charge is 0.467 e. The van der Waals surface area contributed by atoms with Crippen LogP contribution in [0.5, 0.6) is 0 Å². The third kappa shape index (κ3) is 9.05. The minimum absolute atomic E-state index is 0.154. The maximum atomic E-state index is 12.1. The van der Waals surface area contributed by atoms with E-state index >= 15 is 0 Å². The van der Waals surface area contributed by atoms with Crippen LogP contribution in [0.3, 0.4) is 0 Å². The maximum Gasteiger partial charge on any atom is 0.305 e. The van der Waals surface area contributed by atoms with Crippen molar-refractivity contribution in [3.8, 4) is 0 Å². The van der Waals surface area contributed by atoms with Crippen molar-refractivity contribution in [3.05, 3.63) is 35.9 Å². The number of hydrogen-bond donors (Lipinski definition) is 0. The summed E-state index contributed by atoms with van der Waals surface area (Å²) >= 11 is 0. The summed E-state index contributed by atoms with van der Waals surface area (Å²) in [4.78, 5) is 22.5. The summed E-state index contributed by atoms with van der Waals surface area (Å²) < 4.78 is 15.9. The molecule has 1 fully saturated rings. The van der Waals surface area contributed by atoms with Gasteiger partial charge in [0, 0.05) is 6.42 Å². The third-order valence-corrected chi connectivity index (χ3v) is 5.24. The van der Waals surface area contributed by atoms with Crippen LogP contribution in [0, 0.1) is 17.8 Å². The zero-order valence-corrected chi connectivity index (χ0v) is 16.3. The first-order chi connectivity index (χ1) is 13.2. The number of esters is 1. The molecule has 0 bridgehead atoms. The van der Waals surface area contributed by atoms with Gasteiger partial charge in [0.25, 0.3) is 6.47 Å². The van der Waals surface area contributed by atoms with Crippen LogP contribution in [0.4, 0.5) is 0 Å². The molecule has 1 aliphatic carbocycles. The molecule has 0 heterocycles. The van der Waals surface area contributed by atoms with Crippen molar-refractivity contribution < 1.29 is 23.8 Å². The highest BCUT2D eigenvalue weighted by Crippen LogP contribution is 2.31. The topological polar surface area (TPSA) is 61.8 Å². The Morgan fingerprint density at radius 3 is 2.56 bits per heavy atom. The summed E-state index contributed by atoms with van der Waals surface area (Å²) in [5.41, 5.74) is 1.08. The van der Waals surface area contributed by atoms with Crippen molar-refractivity contribution in [2.75, 3.05) is 19.8 Å². The normalized spacial score (nSPS) is 20.6. The summed E-state index contributed by atoms with van der Waals surface area (Å²) in [6.45, 7) is 3.96. The minimum atomic E-state index is -0.173. The molecule has 0 amide bonds. The summed E-state index contributed by atoms with van der Waals surface area (Å²) in [7, 11) is 0. The van der Waals surface area contributed by atoms with Crippen LogP contribution in [-0.4, -0.2) is 32.3 Å². The molecule has 0 saturated heterocycles. The number of carbonyl (C=O) groups excluding carboxylic acids is 2. The second-order valence-electron chi connectivity index (χ2n) is 7.64. The van der Waals surface area contributed by atoms with Crippen LogP contribution in [0.15, 0.2) is 30.3 Å². The fourth-order valence-corrected chi connectivity index (χ4v) is 3.46. The van der Waals surface area contributed by atoms with Gasteiger partial charge >= 0.3 is 5.97 Å². The van der Waals surface area contributed by atoms with E-state index < -0.39 is 0 Å². The molecule has 0 radical (unpaired) electrons. The second-order valence-corrected chi connectivity index (χ2v) is 7.64. The molecule has 1 unspecified atom stereocenters. The lowest BCUT2D eigenvalue weighted by Crippen LogP contribution is -2.24. The van der Waals surface area contributed by atoms with Crippen LogP contribution in [0.2, 0.25) is 0 Å². The van der Waals surface area contributed by atoms with E-state index in [4.69, 9.17) is 14.2 Å². The van der Waals surface area contributed by atoms with Crippen LogP contribution in [-0.2, 0) is 30.4 Å². The number of benzene rings is 1. The lowest BCUT2D eigenvalue weighted by molar-refractivity contribution is -0.147. The first-order valence-corrected chi connectivity index (χ1v) is 10.00. The van der Waals surface area contributed by atoms with Crippen LogP contribution < -0.4 is 0 Å². The fraction of sp³-hybridized carbons (Fsp3) is 0.636. The van der Waals surface area contributed by atoms with Crippen molar-refractivity contribution >= 4 is 12.4 Å². The van der Waals surface area contributed by atoms with E-state index in [0.717, 1.165) is 17.9 Å². The van der Waals surface area contributed by atoms with Crippen LogP contribution in [0.1, 0.15) is 51.0 Å². The Morgan fingerprint density at radius 2 is 1.85 bits per heavy atom. The van der Waals surface area contributed by atoms with Crippen molar-refractivity contribution in [3.63, 3.8) is 0 Å². The molecule has 0 spiro atoms. The lowest BCUT2D eigenvalue weighted by Gasteiger charge is -2.25. The average Bonchev–Trinajstić information content (AvgIpc) is 2.70. The molecule has 27 heavy (non-hydrogen) atoms. The van der Waals surface area contributed by atoms with Gasteiger partial charge in [0.15, 0.2) is 0 Å². The highest BCUT2D eigenvalue weighted by Gasteiger charge is 2.20. The smallest absolute Gasteiger partial charge is 0.305 e. The van der Waals surface area contributed by atoms with Crippen molar-refractivity contribution in [2.45, 2.75) is 52.1 Å². The van der Waals surface area contributed by atoms with Gasteiger partial charge in [-0.2, -0.15) is 0 Å². The Bertz CT molecular complexity index is 537. The average molecular weight is 376 g/mol. The van der Waals surface area contributed by atoms with Crippen molar-refractivity contribution in [1.82, 2.24) is 0 Å². The molecular formula is C22H32O5. The van der Waals surface area contributed by atoms with Crippen LogP contribution >= 0.6 is 0 Å². The van der Waals surface area contributed by atoms with E-state index in [1.165, 1.54) is 25.7 Å². The molecule has 0 aromatic heterocycles. The van der Waals surface area contributed by atoms with Gasteiger partial charge in [0.1, 0.15) is 0 Å². The van der Waals surface area contributed by atoms with Crippen molar-refractivity contribution in [1.29, 1.82) is 0 Å². The van der Waals surface area contributed by atoms with Gasteiger partial charge in [0.05, 0.1) is 32.3 Å². The van der Waals surface area contributed by atoms with E-state index in [-0.39, 0.29) is 25.1 Å². The Morgan fingerprint density at radius 1 is 1.11 bits per heavy atom. The van der Waals surface area contributed by atoms with Gasteiger partial charge in [-0.3, -0.25) is 9.59 Å². The summed E-state index contributed by atoms with van der Waals surface area (Å²) in [6, 6.07) is 9.85. The predicted molar refractivity (Wildman–Crippen MR) is 103 cm³/mol. The number of ether oxygens (including phenoxy) is 3. The highest BCUT2D eigenvalue weighted by molar-refractivity contribution is 5.69. The van der Waals surface area contributed by atoms with E-state index in [0.29, 0.717) is 32.0 Å². The van der Waals surface area contributed by atoms with Crippen LogP contribution in [0.25, 0.3) is 0 Å². The molecular weight excluding hydrogens is 344 g/mol. The van der Waals surface area contributed by atoms with Gasteiger partial charge in [-0.05, 0) is 23.8 Å². The van der Waals surface area contributed by atoms with Gasteiger partial charge in [0.2, 0.25) is 0 Å². The van der Waals surface area contributed by atoms with Crippen molar-refractivity contribution in [2.24, 2.45) is 17.8 Å². The van der Waals surface area contributed by atoms with E-state index in [1.807, 2.05) is 30.3 Å². The van der Waals surface area contributed by atoms with Gasteiger partial charge in [-0.25, -0.2) is 0 Å². The molecule has 1 aromatic rings. The summed E-state index contributed by atoms with van der Waals surface area (Å²) in [5.74, 6) is 1.14. The Hall–Kier alpha value is -1.88. The maximum absolute atomic E-state index is 12.1. The third-order valence-electron chi connectivity index (χ3n) is 5.24. The molecule has 0 aliphatic heterocycles. The zero-order chi connectivity index (χ0) is 19.3. The minimum Gasteiger partial charge on any atom is -0.467 e. The van der Waals surface area contributed by atoms with E-state index in [1.54, 1.807) is 0 Å². The SMILES string of the molecule is CC1CCC(CCC(=O)OCC(COC=O)COCc2ccccc2)CC1. The van der Waals surface area contributed by atoms with Gasteiger partial charge in [-0.1, -0.05) is 62.9 Å². The molecule has 2 rings (SSSR count). The zero-order valence-electron chi connectivity index (χ0n) is 16.3. The highest BCUT2D eigenvalue weighted by atomic mass is 16.5. The molecule has 5 heteroatoms. The van der Waals surface area contributed by atoms with E-state index in [2.05, 4.69) is 6.92 Å². The van der Waals surface area contributed by atoms with E-state index in [9.17, 15) is 9.59 Å². The molecule has 1 aromatic carbocycles. The molecule has 1 aliphatic rings. The molecule has 5 nitrogen and oxygen atoms in total. The quantitative estimate of drug-likeness (QED) is 0.405. The summed E-state index contributed by atoms with van der Waals surface area (Å²) in [5, 5.41) is 0. The molecule has 1 atom stereocenters. The first-order valence-electron chi connectivity index (χ1n) is 10.00. The Balaban J connectivity index is 1.64. The van der Waals surface area contributed by atoms with Gasteiger partial charge < -0.3 is 14.2 Å². The number of carbonyl (C=O) groups is 2. The first kappa shape index (κ1) is 21.4. The molecule has 150 valence electrons. The predicted octanol–water partition coefficient (Wildman–Crippen LogP) is 4.14. The monoisotopic (exact) mass is 376 g/mol. The fourth-order valence-electron chi connectivity index (χ4n) is 3.46. The Kier molecular flexibility index (Phi) is 9.91. The summed E-state index contributed by atoms with van der Waals surface area (Å²) in [6.07, 6.45) is 6.35. The second kappa shape index (κ2) is 12.5. The number of hydrogen-bond acceptors (Lipinski definition) is 5. The molecule has 0 N–H and O–H groups in total. The Labute approximate surface area is 162 Å².